The van der Waals surface area contributed by atoms with Gasteiger partial charge in [0.2, 0.25) is 5.95 Å². The molecule has 1 saturated heterocycles. The summed E-state index contributed by atoms with van der Waals surface area (Å²) in [6, 6.07) is 8.72. The molecule has 2 aromatic rings. The van der Waals surface area contributed by atoms with Gasteiger partial charge in [0.1, 0.15) is 0 Å². The van der Waals surface area contributed by atoms with Crippen molar-refractivity contribution in [2.24, 2.45) is 0 Å². The number of nitrogens with zero attached hydrogens (tertiary/aromatic N) is 4. The number of amides is 2. The maximum Gasteiger partial charge on any atom is 0.319 e. The first-order chi connectivity index (χ1) is 12.7. The number of anilines is 2. The Labute approximate surface area is 158 Å². The number of halogens is 1. The quantitative estimate of drug-likeness (QED) is 0.760. The van der Waals surface area contributed by atoms with Gasteiger partial charge in [0, 0.05) is 55.8 Å². The molecule has 0 saturated carbocycles. The van der Waals surface area contributed by atoms with Crippen LogP contribution in [0.15, 0.2) is 42.7 Å². The lowest BCUT2D eigenvalue weighted by molar-refractivity contribution is 0.244. The first kappa shape index (κ1) is 18.4. The minimum absolute atomic E-state index is 0.210. The zero-order chi connectivity index (χ0) is 18.2. The van der Waals surface area contributed by atoms with Crippen LogP contribution in [0.25, 0.3) is 0 Å². The molecule has 1 fully saturated rings. The Morgan fingerprint density at radius 1 is 1.12 bits per heavy atom. The van der Waals surface area contributed by atoms with Gasteiger partial charge in [0.05, 0.1) is 0 Å². The highest BCUT2D eigenvalue weighted by Gasteiger charge is 2.18. The van der Waals surface area contributed by atoms with Gasteiger partial charge in [0.25, 0.3) is 0 Å². The second-order valence-corrected chi connectivity index (χ2v) is 6.56. The summed E-state index contributed by atoms with van der Waals surface area (Å²) < 4.78 is 0. The Hall–Kier alpha value is -2.38. The molecule has 2 heterocycles. The van der Waals surface area contributed by atoms with Crippen molar-refractivity contribution in [2.45, 2.75) is 6.42 Å². The van der Waals surface area contributed by atoms with E-state index in [-0.39, 0.29) is 6.03 Å². The molecule has 2 amide bonds. The number of urea groups is 1. The summed E-state index contributed by atoms with van der Waals surface area (Å²) in [5.41, 5.74) is 0.689. The molecular weight excluding hydrogens is 352 g/mol. The van der Waals surface area contributed by atoms with Gasteiger partial charge in [-0.15, -0.1) is 0 Å². The van der Waals surface area contributed by atoms with Crippen molar-refractivity contribution < 1.29 is 4.79 Å². The van der Waals surface area contributed by atoms with E-state index in [2.05, 4.69) is 30.4 Å². The van der Waals surface area contributed by atoms with Gasteiger partial charge in [-0.25, -0.2) is 14.8 Å². The number of aromatic nitrogens is 2. The van der Waals surface area contributed by atoms with Crippen LogP contribution in [0, 0.1) is 0 Å². The van der Waals surface area contributed by atoms with E-state index in [0.29, 0.717) is 17.3 Å². The van der Waals surface area contributed by atoms with Gasteiger partial charge >= 0.3 is 6.03 Å². The van der Waals surface area contributed by atoms with Gasteiger partial charge in [-0.1, -0.05) is 17.7 Å². The number of nitrogens with one attached hydrogen (secondary N) is 2. The van der Waals surface area contributed by atoms with Crippen LogP contribution in [0.2, 0.25) is 5.02 Å². The van der Waals surface area contributed by atoms with Crippen LogP contribution in [-0.4, -0.2) is 60.2 Å². The molecule has 26 heavy (non-hydrogen) atoms. The van der Waals surface area contributed by atoms with Gasteiger partial charge in [-0.2, -0.15) is 0 Å². The molecular formula is C18H23ClN6O. The second kappa shape index (κ2) is 9.35. The van der Waals surface area contributed by atoms with E-state index in [9.17, 15) is 4.79 Å². The van der Waals surface area contributed by atoms with Crippen LogP contribution < -0.4 is 15.5 Å². The van der Waals surface area contributed by atoms with Crippen molar-refractivity contribution in [3.63, 3.8) is 0 Å². The van der Waals surface area contributed by atoms with Crippen molar-refractivity contribution >= 4 is 29.3 Å². The van der Waals surface area contributed by atoms with Gasteiger partial charge in [-0.3, -0.25) is 4.90 Å². The highest BCUT2D eigenvalue weighted by Crippen LogP contribution is 2.14. The molecule has 1 aromatic heterocycles. The maximum atomic E-state index is 11.9. The highest BCUT2D eigenvalue weighted by atomic mass is 35.5. The number of piperazine rings is 1. The fourth-order valence-electron chi connectivity index (χ4n) is 2.87. The SMILES string of the molecule is O=C(NCCCN1CCN(c2ncccn2)CC1)Nc1cccc(Cl)c1. The third kappa shape index (κ3) is 5.57. The molecule has 1 aliphatic rings. The molecule has 0 bridgehead atoms. The number of rotatable bonds is 6. The van der Waals surface area contributed by atoms with Gasteiger partial charge in [0.15, 0.2) is 0 Å². The van der Waals surface area contributed by atoms with E-state index >= 15 is 0 Å². The van der Waals surface area contributed by atoms with E-state index in [4.69, 9.17) is 11.6 Å². The molecule has 1 aromatic carbocycles. The molecule has 8 heteroatoms. The van der Waals surface area contributed by atoms with Crippen LogP contribution in [0.4, 0.5) is 16.4 Å². The molecule has 2 N–H and O–H groups in total. The monoisotopic (exact) mass is 374 g/mol. The summed E-state index contributed by atoms with van der Waals surface area (Å²) in [4.78, 5) is 25.1. The fourth-order valence-corrected chi connectivity index (χ4v) is 3.06. The summed E-state index contributed by atoms with van der Waals surface area (Å²) in [6.45, 7) is 5.40. The molecule has 0 atom stereocenters. The van der Waals surface area contributed by atoms with Crippen LogP contribution in [0.5, 0.6) is 0 Å². The lowest BCUT2D eigenvalue weighted by Crippen LogP contribution is -2.47. The third-order valence-electron chi connectivity index (χ3n) is 4.23. The topological polar surface area (TPSA) is 73.4 Å². The molecule has 138 valence electrons. The van der Waals surface area contributed by atoms with Gasteiger partial charge < -0.3 is 15.5 Å². The molecule has 0 spiro atoms. The number of carbonyl (C=O) groups is 1. The Kier molecular flexibility index (Phi) is 6.62. The van der Waals surface area contributed by atoms with Crippen LogP contribution in [0.1, 0.15) is 6.42 Å². The van der Waals surface area contributed by atoms with E-state index in [1.807, 2.05) is 6.07 Å². The fraction of sp³-hybridized carbons (Fsp3) is 0.389. The largest absolute Gasteiger partial charge is 0.338 e. The van der Waals surface area contributed by atoms with E-state index in [1.54, 1.807) is 36.7 Å². The minimum atomic E-state index is -0.210. The molecule has 7 nitrogen and oxygen atoms in total. The predicted octanol–water partition coefficient (Wildman–Crippen LogP) is 2.46. The summed E-state index contributed by atoms with van der Waals surface area (Å²) in [5, 5.41) is 6.25. The molecule has 0 unspecified atom stereocenters. The normalized spacial score (nSPS) is 14.9. The first-order valence-corrected chi connectivity index (χ1v) is 9.13. The third-order valence-corrected chi connectivity index (χ3v) is 4.46. The summed E-state index contributed by atoms with van der Waals surface area (Å²) >= 11 is 5.90. The summed E-state index contributed by atoms with van der Waals surface area (Å²) in [6.07, 6.45) is 4.45. The average Bonchev–Trinajstić information content (AvgIpc) is 2.66. The number of benzene rings is 1. The highest BCUT2D eigenvalue weighted by molar-refractivity contribution is 6.30. The molecule has 0 radical (unpaired) electrons. The molecule has 0 aliphatic carbocycles. The number of carbonyl (C=O) groups excluding carboxylic acids is 1. The van der Waals surface area contributed by atoms with Crippen molar-refractivity contribution in [2.75, 3.05) is 49.5 Å². The molecule has 3 rings (SSSR count). The molecule has 1 aliphatic heterocycles. The number of hydrogen-bond donors (Lipinski definition) is 2. The van der Waals surface area contributed by atoms with E-state index in [1.165, 1.54) is 0 Å². The van der Waals surface area contributed by atoms with Crippen molar-refractivity contribution in [1.82, 2.24) is 20.2 Å². The zero-order valence-electron chi connectivity index (χ0n) is 14.6. The Morgan fingerprint density at radius 3 is 2.62 bits per heavy atom. The first-order valence-electron chi connectivity index (χ1n) is 8.75. The zero-order valence-corrected chi connectivity index (χ0v) is 15.3. The Morgan fingerprint density at radius 2 is 1.88 bits per heavy atom. The van der Waals surface area contributed by atoms with Crippen molar-refractivity contribution in [3.05, 3.63) is 47.7 Å². The van der Waals surface area contributed by atoms with Crippen LogP contribution in [0.3, 0.4) is 0 Å². The average molecular weight is 375 g/mol. The maximum absolute atomic E-state index is 11.9. The Balaban J connectivity index is 1.30. The van der Waals surface area contributed by atoms with Crippen LogP contribution >= 0.6 is 11.6 Å². The van der Waals surface area contributed by atoms with Crippen LogP contribution in [-0.2, 0) is 0 Å². The smallest absolute Gasteiger partial charge is 0.319 e. The standard InChI is InChI=1S/C18H23ClN6O/c19-15-4-1-5-16(14-15)23-18(26)22-8-3-9-24-10-12-25(13-11-24)17-20-6-2-7-21-17/h1-2,4-7,14H,3,8-13H2,(H2,22,23,26). The van der Waals surface area contributed by atoms with Gasteiger partial charge in [-0.05, 0) is 37.2 Å². The summed E-state index contributed by atoms with van der Waals surface area (Å²) in [7, 11) is 0. The minimum Gasteiger partial charge on any atom is -0.338 e. The lowest BCUT2D eigenvalue weighted by Gasteiger charge is -2.34. The predicted molar refractivity (Wildman–Crippen MR) is 104 cm³/mol. The van der Waals surface area contributed by atoms with Crippen molar-refractivity contribution in [3.8, 4) is 0 Å². The second-order valence-electron chi connectivity index (χ2n) is 6.12. The number of hydrogen-bond acceptors (Lipinski definition) is 5. The Bertz CT molecular complexity index is 706. The van der Waals surface area contributed by atoms with E-state index < -0.39 is 0 Å². The van der Waals surface area contributed by atoms with Crippen molar-refractivity contribution in [1.29, 1.82) is 0 Å². The lowest BCUT2D eigenvalue weighted by atomic mass is 10.3. The summed E-state index contributed by atoms with van der Waals surface area (Å²) in [5.74, 6) is 0.798. The van der Waals surface area contributed by atoms with E-state index in [0.717, 1.165) is 45.1 Å².